The van der Waals surface area contributed by atoms with Crippen LogP contribution in [0.1, 0.15) is 35.2 Å². The molecule has 3 aromatic rings. The molecule has 3 aromatic carbocycles. The Labute approximate surface area is 195 Å². The largest absolute Gasteiger partial charge is 0.371 e. The van der Waals surface area contributed by atoms with Crippen LogP contribution in [-0.4, -0.2) is 39.4 Å². The van der Waals surface area contributed by atoms with Crippen molar-refractivity contribution < 1.29 is 13.2 Å². The van der Waals surface area contributed by atoms with Crippen molar-refractivity contribution in [1.29, 1.82) is 0 Å². The van der Waals surface area contributed by atoms with Gasteiger partial charge in [-0.25, -0.2) is 8.42 Å². The Hall–Kier alpha value is -3.32. The molecule has 6 nitrogen and oxygen atoms in total. The van der Waals surface area contributed by atoms with E-state index in [4.69, 9.17) is 0 Å². The van der Waals surface area contributed by atoms with E-state index in [0.29, 0.717) is 17.8 Å². The Morgan fingerprint density at radius 3 is 2.21 bits per heavy atom. The number of para-hydroxylation sites is 1. The molecule has 0 unspecified atom stereocenters. The molecule has 0 saturated carbocycles. The number of anilines is 2. The molecule has 0 bridgehead atoms. The molecule has 1 amide bonds. The second kappa shape index (κ2) is 10.1. The number of carbonyl (C=O) groups excluding carboxylic acids is 1. The highest BCUT2D eigenvalue weighted by atomic mass is 32.2. The topological polar surface area (TPSA) is 69.7 Å². The second-order valence-corrected chi connectivity index (χ2v) is 10.0. The van der Waals surface area contributed by atoms with Crippen LogP contribution >= 0.6 is 0 Å². The minimum absolute atomic E-state index is 0.110. The Balaban J connectivity index is 1.44. The number of benzene rings is 3. The standard InChI is InChI=1S/C26H29N3O3S/c1-28(20-22-10-6-7-13-25(22)29-18-8-3-9-19-29)26(30)21-14-16-23(17-15-21)27-33(31,32)24-11-4-2-5-12-24/h2,4-7,10-17,27H,3,8-9,18-20H2,1H3. The van der Waals surface area contributed by atoms with Crippen LogP contribution in [0, 0.1) is 0 Å². The minimum atomic E-state index is -3.67. The number of nitrogens with one attached hydrogen (secondary N) is 1. The zero-order valence-corrected chi connectivity index (χ0v) is 19.6. The third-order valence-corrected chi connectivity index (χ3v) is 7.28. The van der Waals surface area contributed by atoms with Gasteiger partial charge in [-0.1, -0.05) is 36.4 Å². The van der Waals surface area contributed by atoms with Gasteiger partial charge >= 0.3 is 0 Å². The summed E-state index contributed by atoms with van der Waals surface area (Å²) < 4.78 is 27.6. The molecular formula is C26H29N3O3S. The minimum Gasteiger partial charge on any atom is -0.371 e. The van der Waals surface area contributed by atoms with Gasteiger partial charge in [-0.15, -0.1) is 0 Å². The Bertz CT molecular complexity index is 1190. The normalized spacial score (nSPS) is 14.0. The fourth-order valence-corrected chi connectivity index (χ4v) is 5.21. The lowest BCUT2D eigenvalue weighted by atomic mass is 10.1. The van der Waals surface area contributed by atoms with Gasteiger partial charge in [-0.2, -0.15) is 0 Å². The molecule has 1 aliphatic heterocycles. The van der Waals surface area contributed by atoms with E-state index in [9.17, 15) is 13.2 Å². The van der Waals surface area contributed by atoms with E-state index >= 15 is 0 Å². The van der Waals surface area contributed by atoms with Gasteiger partial charge < -0.3 is 9.80 Å². The molecule has 0 aliphatic carbocycles. The first-order valence-corrected chi connectivity index (χ1v) is 12.7. The molecule has 4 rings (SSSR count). The average Bonchev–Trinajstić information content (AvgIpc) is 2.85. The molecule has 172 valence electrons. The van der Waals surface area contributed by atoms with Gasteiger partial charge in [0.15, 0.2) is 0 Å². The van der Waals surface area contributed by atoms with Crippen molar-refractivity contribution in [1.82, 2.24) is 4.90 Å². The molecule has 1 heterocycles. The van der Waals surface area contributed by atoms with Crippen molar-refractivity contribution in [3.63, 3.8) is 0 Å². The van der Waals surface area contributed by atoms with Gasteiger partial charge in [0.25, 0.3) is 15.9 Å². The smallest absolute Gasteiger partial charge is 0.261 e. The molecule has 1 fully saturated rings. The lowest BCUT2D eigenvalue weighted by Crippen LogP contribution is -2.32. The highest BCUT2D eigenvalue weighted by Crippen LogP contribution is 2.25. The monoisotopic (exact) mass is 463 g/mol. The molecule has 0 radical (unpaired) electrons. The van der Waals surface area contributed by atoms with Gasteiger partial charge in [0.05, 0.1) is 4.90 Å². The summed E-state index contributed by atoms with van der Waals surface area (Å²) in [6, 6.07) is 23.0. The highest BCUT2D eigenvalue weighted by Gasteiger charge is 2.18. The third kappa shape index (κ3) is 5.54. The number of amides is 1. The van der Waals surface area contributed by atoms with E-state index in [1.165, 1.54) is 37.1 Å². The van der Waals surface area contributed by atoms with E-state index in [1.807, 2.05) is 12.1 Å². The number of hydrogen-bond donors (Lipinski definition) is 1. The predicted molar refractivity (Wildman–Crippen MR) is 132 cm³/mol. The van der Waals surface area contributed by atoms with Crippen molar-refractivity contribution in [3.05, 3.63) is 90.0 Å². The van der Waals surface area contributed by atoms with Gasteiger partial charge in [-0.3, -0.25) is 9.52 Å². The van der Waals surface area contributed by atoms with Crippen LogP contribution in [0.15, 0.2) is 83.8 Å². The SMILES string of the molecule is CN(Cc1ccccc1N1CCCCC1)C(=O)c1ccc(NS(=O)(=O)c2ccccc2)cc1. The van der Waals surface area contributed by atoms with E-state index in [0.717, 1.165) is 18.7 Å². The molecule has 0 spiro atoms. The molecule has 7 heteroatoms. The summed E-state index contributed by atoms with van der Waals surface area (Å²) in [4.78, 5) is 17.3. The maximum atomic E-state index is 13.0. The summed E-state index contributed by atoms with van der Waals surface area (Å²) >= 11 is 0. The lowest BCUT2D eigenvalue weighted by Gasteiger charge is -2.31. The molecular weight excluding hydrogens is 434 g/mol. The molecule has 1 N–H and O–H groups in total. The summed E-state index contributed by atoms with van der Waals surface area (Å²) in [7, 11) is -1.88. The third-order valence-electron chi connectivity index (χ3n) is 5.88. The van der Waals surface area contributed by atoms with E-state index in [-0.39, 0.29) is 10.8 Å². The van der Waals surface area contributed by atoms with Crippen molar-refractivity contribution in [2.24, 2.45) is 0 Å². The molecule has 0 aromatic heterocycles. The predicted octanol–water partition coefficient (Wildman–Crippen LogP) is 4.75. The average molecular weight is 464 g/mol. The molecule has 33 heavy (non-hydrogen) atoms. The first kappa shape index (κ1) is 22.9. The van der Waals surface area contributed by atoms with Crippen LogP contribution in [0.5, 0.6) is 0 Å². The quantitative estimate of drug-likeness (QED) is 0.549. The number of rotatable bonds is 7. The highest BCUT2D eigenvalue weighted by molar-refractivity contribution is 7.92. The van der Waals surface area contributed by atoms with Crippen LogP contribution in [-0.2, 0) is 16.6 Å². The number of nitrogens with zero attached hydrogens (tertiary/aromatic N) is 2. The van der Waals surface area contributed by atoms with E-state index in [1.54, 1.807) is 54.4 Å². The zero-order chi connectivity index (χ0) is 23.3. The zero-order valence-electron chi connectivity index (χ0n) is 18.8. The van der Waals surface area contributed by atoms with Crippen LogP contribution in [0.25, 0.3) is 0 Å². The van der Waals surface area contributed by atoms with Crippen molar-refractivity contribution in [3.8, 4) is 0 Å². The number of sulfonamides is 1. The second-order valence-electron chi connectivity index (χ2n) is 8.33. The number of piperidine rings is 1. The fraction of sp³-hybridized carbons (Fsp3) is 0.269. The van der Waals surface area contributed by atoms with Crippen LogP contribution < -0.4 is 9.62 Å². The lowest BCUT2D eigenvalue weighted by molar-refractivity contribution is 0.0785. The first-order valence-electron chi connectivity index (χ1n) is 11.2. The fourth-order valence-electron chi connectivity index (χ4n) is 4.13. The maximum Gasteiger partial charge on any atom is 0.261 e. The van der Waals surface area contributed by atoms with Crippen LogP contribution in [0.4, 0.5) is 11.4 Å². The first-order chi connectivity index (χ1) is 15.9. The van der Waals surface area contributed by atoms with Gasteiger partial charge in [0.1, 0.15) is 0 Å². The van der Waals surface area contributed by atoms with Gasteiger partial charge in [-0.05, 0) is 67.3 Å². The van der Waals surface area contributed by atoms with E-state index < -0.39 is 10.0 Å². The Kier molecular flexibility index (Phi) is 6.99. The Morgan fingerprint density at radius 2 is 1.52 bits per heavy atom. The molecule has 1 aliphatic rings. The van der Waals surface area contributed by atoms with E-state index in [2.05, 4.69) is 21.8 Å². The molecule has 0 atom stereocenters. The van der Waals surface area contributed by atoms with Crippen LogP contribution in [0.2, 0.25) is 0 Å². The van der Waals surface area contributed by atoms with Crippen molar-refractivity contribution >= 4 is 27.3 Å². The Morgan fingerprint density at radius 1 is 0.879 bits per heavy atom. The van der Waals surface area contributed by atoms with Crippen molar-refractivity contribution in [2.75, 3.05) is 29.8 Å². The van der Waals surface area contributed by atoms with Crippen LogP contribution in [0.3, 0.4) is 0 Å². The van der Waals surface area contributed by atoms with Gasteiger partial charge in [0, 0.05) is 43.6 Å². The number of carbonyl (C=O) groups is 1. The number of hydrogen-bond acceptors (Lipinski definition) is 4. The van der Waals surface area contributed by atoms with Gasteiger partial charge in [0.2, 0.25) is 0 Å². The summed E-state index contributed by atoms with van der Waals surface area (Å²) in [5.74, 6) is -0.110. The van der Waals surface area contributed by atoms with Crippen molar-refractivity contribution in [2.45, 2.75) is 30.7 Å². The summed E-state index contributed by atoms with van der Waals surface area (Å²) in [6.07, 6.45) is 3.67. The summed E-state index contributed by atoms with van der Waals surface area (Å²) in [5.41, 5.74) is 3.24. The maximum absolute atomic E-state index is 13.0. The summed E-state index contributed by atoms with van der Waals surface area (Å²) in [6.45, 7) is 2.61. The summed E-state index contributed by atoms with van der Waals surface area (Å²) in [5, 5.41) is 0. The molecule has 1 saturated heterocycles.